The van der Waals surface area contributed by atoms with Crippen molar-refractivity contribution in [2.45, 2.75) is 26.2 Å². The molecule has 0 saturated heterocycles. The number of nitrogens with zero attached hydrogens (tertiary/aromatic N) is 1. The van der Waals surface area contributed by atoms with E-state index in [0.717, 1.165) is 12.2 Å². The predicted molar refractivity (Wildman–Crippen MR) is 131 cm³/mol. The van der Waals surface area contributed by atoms with Gasteiger partial charge < -0.3 is 15.0 Å². The van der Waals surface area contributed by atoms with Crippen LogP contribution in [0.5, 0.6) is 5.75 Å². The third-order valence-corrected chi connectivity index (χ3v) is 6.15. The van der Waals surface area contributed by atoms with Gasteiger partial charge in [-0.25, -0.2) is 0 Å². The Morgan fingerprint density at radius 1 is 1.10 bits per heavy atom. The quantitative estimate of drug-likeness (QED) is 0.432. The summed E-state index contributed by atoms with van der Waals surface area (Å²) < 4.78 is 5.15. The molecule has 5 heteroatoms. The van der Waals surface area contributed by atoms with E-state index in [1.807, 2.05) is 6.08 Å². The van der Waals surface area contributed by atoms with Gasteiger partial charge in [0.1, 0.15) is 10.7 Å². The summed E-state index contributed by atoms with van der Waals surface area (Å²) in [5.74, 6) is 0.476. The highest BCUT2D eigenvalue weighted by Crippen LogP contribution is 2.50. The molecule has 4 rings (SSSR count). The zero-order valence-electron chi connectivity index (χ0n) is 18.2. The van der Waals surface area contributed by atoms with Crippen molar-refractivity contribution in [3.63, 3.8) is 0 Å². The summed E-state index contributed by atoms with van der Waals surface area (Å²) in [4.78, 5) is 15.3. The molecule has 1 aliphatic rings. The summed E-state index contributed by atoms with van der Waals surface area (Å²) >= 11 is 5.57. The van der Waals surface area contributed by atoms with Gasteiger partial charge in [0.05, 0.1) is 7.11 Å². The monoisotopic (exact) mass is 430 g/mol. The van der Waals surface area contributed by atoms with E-state index in [4.69, 9.17) is 17.0 Å². The molecule has 1 heterocycles. The van der Waals surface area contributed by atoms with E-state index >= 15 is 0 Å². The lowest BCUT2D eigenvalue weighted by molar-refractivity contribution is 0.0978. The number of amides is 1. The highest BCUT2D eigenvalue weighted by Gasteiger charge is 2.40. The second-order valence-electron chi connectivity index (χ2n) is 8.13. The van der Waals surface area contributed by atoms with Gasteiger partial charge in [-0.05, 0) is 59.7 Å². The number of methoxy groups -OCH3 is 1. The maximum atomic E-state index is 12.7. The summed E-state index contributed by atoms with van der Waals surface area (Å²) in [5.41, 5.74) is 3.86. The molecule has 1 amide bonds. The number of rotatable bonds is 4. The molecule has 3 aromatic carbocycles. The first-order chi connectivity index (χ1) is 14.9. The number of thiocarbonyl (C=S) groups is 1. The van der Waals surface area contributed by atoms with Gasteiger partial charge in [-0.15, -0.1) is 0 Å². The topological polar surface area (TPSA) is 41.6 Å². The Balaban J connectivity index is 1.66. The maximum absolute atomic E-state index is 12.7. The molecule has 3 aromatic rings. The number of allylic oxidation sites excluding steroid dienone is 1. The van der Waals surface area contributed by atoms with Crippen LogP contribution in [0.2, 0.25) is 0 Å². The Hall–Kier alpha value is -3.18. The second kappa shape index (κ2) is 8.16. The standard InChI is InChI=1S/C26H26N2O2S/c1-5-28-21-15-12-17-8-6-7-9-20(17)24(21)26(2,3)22(28)16-23(31)27-25(29)18-10-13-19(30-4)14-11-18/h6-16H,5H2,1-4H3,(H,27,29,31)/b22-16+. The fourth-order valence-corrected chi connectivity index (χ4v) is 4.63. The fraction of sp³-hybridized carbons (Fsp3) is 0.231. The van der Waals surface area contributed by atoms with Crippen LogP contribution < -0.4 is 15.0 Å². The zero-order valence-corrected chi connectivity index (χ0v) is 19.0. The van der Waals surface area contributed by atoms with Crippen LogP contribution in [-0.4, -0.2) is 24.6 Å². The first kappa shape index (κ1) is 21.1. The molecule has 0 unspecified atom stereocenters. The van der Waals surface area contributed by atoms with Gasteiger partial charge in [-0.1, -0.05) is 56.4 Å². The highest BCUT2D eigenvalue weighted by atomic mass is 32.1. The van der Waals surface area contributed by atoms with Gasteiger partial charge in [0.25, 0.3) is 5.91 Å². The van der Waals surface area contributed by atoms with Crippen molar-refractivity contribution in [2.75, 3.05) is 18.6 Å². The Labute approximate surface area is 188 Å². The number of likely N-dealkylation sites (N-methyl/N-ethyl adjacent to an activating group) is 1. The Kier molecular flexibility index (Phi) is 5.54. The number of hydrogen-bond acceptors (Lipinski definition) is 4. The average molecular weight is 431 g/mol. The van der Waals surface area contributed by atoms with Crippen LogP contribution in [-0.2, 0) is 5.41 Å². The van der Waals surface area contributed by atoms with E-state index in [1.54, 1.807) is 31.4 Å². The van der Waals surface area contributed by atoms with Crippen molar-refractivity contribution in [1.82, 2.24) is 5.32 Å². The SMILES string of the molecule is CCN1/C(=C/C(=S)NC(=O)c2ccc(OC)cc2)C(C)(C)c2c1ccc1ccccc21. The van der Waals surface area contributed by atoms with Gasteiger partial charge in [0.2, 0.25) is 0 Å². The van der Waals surface area contributed by atoms with Gasteiger partial charge in [0, 0.05) is 28.9 Å². The minimum atomic E-state index is -0.249. The average Bonchev–Trinajstić information content (AvgIpc) is 2.99. The summed E-state index contributed by atoms with van der Waals surface area (Å²) in [5, 5.41) is 5.33. The van der Waals surface area contributed by atoms with E-state index in [2.05, 4.69) is 67.4 Å². The first-order valence-electron chi connectivity index (χ1n) is 10.4. The van der Waals surface area contributed by atoms with E-state index in [9.17, 15) is 4.79 Å². The van der Waals surface area contributed by atoms with Crippen LogP contribution in [0.4, 0.5) is 5.69 Å². The van der Waals surface area contributed by atoms with Crippen molar-refractivity contribution in [3.8, 4) is 5.75 Å². The van der Waals surface area contributed by atoms with Crippen molar-refractivity contribution >= 4 is 39.6 Å². The lowest BCUT2D eigenvalue weighted by Gasteiger charge is -2.26. The zero-order chi connectivity index (χ0) is 22.2. The van der Waals surface area contributed by atoms with Crippen LogP contribution >= 0.6 is 12.2 Å². The number of carbonyl (C=O) groups excluding carboxylic acids is 1. The number of hydrogen-bond donors (Lipinski definition) is 1. The fourth-order valence-electron chi connectivity index (χ4n) is 4.42. The molecule has 158 valence electrons. The normalized spacial score (nSPS) is 15.7. The number of ether oxygens (including phenoxy) is 1. The predicted octanol–water partition coefficient (Wildman–Crippen LogP) is 5.61. The van der Waals surface area contributed by atoms with Crippen LogP contribution in [0.3, 0.4) is 0 Å². The van der Waals surface area contributed by atoms with Crippen molar-refractivity contribution in [2.24, 2.45) is 0 Å². The van der Waals surface area contributed by atoms with Crippen molar-refractivity contribution < 1.29 is 9.53 Å². The van der Waals surface area contributed by atoms with Crippen LogP contribution in [0.15, 0.2) is 72.4 Å². The molecule has 0 fully saturated rings. The molecule has 0 aromatic heterocycles. The number of carbonyl (C=O) groups is 1. The molecule has 1 N–H and O–H groups in total. The molecule has 0 spiro atoms. The van der Waals surface area contributed by atoms with Crippen LogP contribution in [0.25, 0.3) is 10.8 Å². The van der Waals surface area contributed by atoms with E-state index in [0.29, 0.717) is 16.3 Å². The molecular weight excluding hydrogens is 404 g/mol. The molecule has 31 heavy (non-hydrogen) atoms. The van der Waals surface area contributed by atoms with Crippen LogP contribution in [0.1, 0.15) is 36.7 Å². The van der Waals surface area contributed by atoms with Crippen molar-refractivity contribution in [3.05, 3.63) is 83.6 Å². The lowest BCUT2D eigenvalue weighted by atomic mass is 9.81. The summed E-state index contributed by atoms with van der Waals surface area (Å²) in [6.45, 7) is 7.38. The smallest absolute Gasteiger partial charge is 0.256 e. The van der Waals surface area contributed by atoms with E-state index < -0.39 is 0 Å². The largest absolute Gasteiger partial charge is 0.497 e. The molecule has 0 saturated carbocycles. The maximum Gasteiger partial charge on any atom is 0.256 e. The molecule has 0 aliphatic carbocycles. The van der Waals surface area contributed by atoms with Gasteiger partial charge >= 0.3 is 0 Å². The molecule has 4 nitrogen and oxygen atoms in total. The third kappa shape index (κ3) is 3.70. The minimum absolute atomic E-state index is 0.230. The minimum Gasteiger partial charge on any atom is -0.497 e. The Morgan fingerprint density at radius 3 is 2.48 bits per heavy atom. The van der Waals surface area contributed by atoms with E-state index in [-0.39, 0.29) is 11.3 Å². The van der Waals surface area contributed by atoms with Crippen LogP contribution in [0, 0.1) is 0 Å². The third-order valence-electron chi connectivity index (χ3n) is 5.93. The number of nitrogens with one attached hydrogen (secondary N) is 1. The second-order valence-corrected chi connectivity index (χ2v) is 8.57. The molecule has 0 radical (unpaired) electrons. The molecule has 1 aliphatic heterocycles. The highest BCUT2D eigenvalue weighted by molar-refractivity contribution is 7.80. The molecular formula is C26H26N2O2S. The van der Waals surface area contributed by atoms with Gasteiger partial charge in [-0.2, -0.15) is 0 Å². The van der Waals surface area contributed by atoms with Gasteiger partial charge in [0.15, 0.2) is 0 Å². The summed E-state index contributed by atoms with van der Waals surface area (Å²) in [6, 6.07) is 19.8. The summed E-state index contributed by atoms with van der Waals surface area (Å²) in [7, 11) is 1.60. The summed E-state index contributed by atoms with van der Waals surface area (Å²) in [6.07, 6.45) is 1.93. The first-order valence-corrected chi connectivity index (χ1v) is 10.8. The number of anilines is 1. The molecule has 0 atom stereocenters. The lowest BCUT2D eigenvalue weighted by Crippen LogP contribution is -2.32. The van der Waals surface area contributed by atoms with E-state index in [1.165, 1.54) is 22.0 Å². The Bertz CT molecular complexity index is 1200. The van der Waals surface area contributed by atoms with Gasteiger partial charge in [-0.3, -0.25) is 4.79 Å². The number of benzene rings is 3. The Morgan fingerprint density at radius 2 is 1.81 bits per heavy atom. The number of fused-ring (bicyclic) bond motifs is 3. The molecule has 0 bridgehead atoms. The van der Waals surface area contributed by atoms with Crippen molar-refractivity contribution in [1.29, 1.82) is 0 Å².